The van der Waals surface area contributed by atoms with E-state index in [1.807, 2.05) is 30.3 Å². The Kier molecular flexibility index (Phi) is 7.48. The molecule has 0 fully saturated rings. The molecule has 3 rings (SSSR count). The third-order valence-electron chi connectivity index (χ3n) is 4.25. The molecule has 0 atom stereocenters. The van der Waals surface area contributed by atoms with E-state index in [0.29, 0.717) is 24.9 Å². The zero-order valence-electron chi connectivity index (χ0n) is 16.7. The number of nitrogens with one attached hydrogen (secondary N) is 2. The van der Waals surface area contributed by atoms with Gasteiger partial charge in [-0.25, -0.2) is 15.0 Å². The number of anilines is 2. The second-order valence-electron chi connectivity index (χ2n) is 6.50. The molecule has 2 heterocycles. The van der Waals surface area contributed by atoms with Crippen molar-refractivity contribution in [1.82, 2.24) is 15.0 Å². The van der Waals surface area contributed by atoms with Crippen LogP contribution in [0, 0.1) is 10.1 Å². The van der Waals surface area contributed by atoms with Crippen molar-refractivity contribution < 1.29 is 9.66 Å². The number of benzene rings is 1. The predicted molar refractivity (Wildman–Crippen MR) is 116 cm³/mol. The molecule has 0 saturated carbocycles. The number of ether oxygens (including phenoxy) is 1. The van der Waals surface area contributed by atoms with E-state index in [2.05, 4.69) is 32.5 Å². The number of hydrogen-bond acceptors (Lipinski definition) is 8. The normalized spacial score (nSPS) is 10.4. The van der Waals surface area contributed by atoms with Crippen molar-refractivity contribution in [2.45, 2.75) is 19.8 Å². The highest BCUT2D eigenvalue weighted by molar-refractivity contribution is 5.61. The summed E-state index contributed by atoms with van der Waals surface area (Å²) in [7, 11) is 0. The van der Waals surface area contributed by atoms with E-state index in [1.165, 1.54) is 12.3 Å². The Bertz CT molecular complexity index is 948. The van der Waals surface area contributed by atoms with Gasteiger partial charge in [0.15, 0.2) is 0 Å². The van der Waals surface area contributed by atoms with Crippen LogP contribution in [0.3, 0.4) is 0 Å². The van der Waals surface area contributed by atoms with E-state index in [-0.39, 0.29) is 5.69 Å². The van der Waals surface area contributed by atoms with Crippen molar-refractivity contribution in [3.8, 4) is 17.0 Å². The second-order valence-corrected chi connectivity index (χ2v) is 6.50. The van der Waals surface area contributed by atoms with Crippen LogP contribution < -0.4 is 15.4 Å². The van der Waals surface area contributed by atoms with E-state index in [4.69, 9.17) is 4.74 Å². The highest BCUT2D eigenvalue weighted by Gasteiger charge is 2.05. The van der Waals surface area contributed by atoms with Crippen LogP contribution in [0.1, 0.15) is 19.8 Å². The fraction of sp³-hybridized carbons (Fsp3) is 0.286. The molecule has 30 heavy (non-hydrogen) atoms. The van der Waals surface area contributed by atoms with E-state index >= 15 is 0 Å². The third-order valence-corrected chi connectivity index (χ3v) is 4.25. The smallest absolute Gasteiger partial charge is 0.287 e. The van der Waals surface area contributed by atoms with Gasteiger partial charge in [-0.05, 0) is 42.8 Å². The molecule has 156 valence electrons. The lowest BCUT2D eigenvalue weighted by Gasteiger charge is -2.09. The zero-order valence-corrected chi connectivity index (χ0v) is 16.7. The van der Waals surface area contributed by atoms with Gasteiger partial charge in [-0.15, -0.1) is 0 Å². The Morgan fingerprint density at radius 1 is 1.03 bits per heavy atom. The molecule has 1 aromatic carbocycles. The Morgan fingerprint density at radius 2 is 1.83 bits per heavy atom. The summed E-state index contributed by atoms with van der Waals surface area (Å²) in [5.41, 5.74) is 1.76. The molecule has 2 N–H and O–H groups in total. The molecule has 2 aromatic heterocycles. The first-order valence-corrected chi connectivity index (χ1v) is 9.80. The lowest BCUT2D eigenvalue weighted by Crippen LogP contribution is -2.15. The van der Waals surface area contributed by atoms with Crippen LogP contribution in [-0.2, 0) is 0 Å². The van der Waals surface area contributed by atoms with Crippen LogP contribution in [-0.4, -0.2) is 39.6 Å². The molecule has 0 amide bonds. The Labute approximate surface area is 174 Å². The van der Waals surface area contributed by atoms with Crippen molar-refractivity contribution in [3.05, 3.63) is 65.0 Å². The highest BCUT2D eigenvalue weighted by atomic mass is 16.6. The first-order valence-electron chi connectivity index (χ1n) is 9.80. The Hall–Kier alpha value is -3.75. The van der Waals surface area contributed by atoms with Gasteiger partial charge in [-0.1, -0.05) is 13.3 Å². The first-order chi connectivity index (χ1) is 14.7. The van der Waals surface area contributed by atoms with E-state index in [1.54, 1.807) is 12.3 Å². The predicted octanol–water partition coefficient (Wildman–Crippen LogP) is 4.15. The van der Waals surface area contributed by atoms with Gasteiger partial charge in [-0.2, -0.15) is 0 Å². The van der Waals surface area contributed by atoms with E-state index in [9.17, 15) is 10.1 Å². The molecule has 0 aliphatic carbocycles. The molecular weight excluding hydrogens is 384 g/mol. The van der Waals surface area contributed by atoms with Gasteiger partial charge < -0.3 is 15.4 Å². The number of nitro groups is 1. The molecule has 0 spiro atoms. The van der Waals surface area contributed by atoms with Crippen molar-refractivity contribution in [2.75, 3.05) is 30.3 Å². The maximum absolute atomic E-state index is 10.6. The molecule has 0 unspecified atom stereocenters. The van der Waals surface area contributed by atoms with Gasteiger partial charge in [0.1, 0.15) is 17.8 Å². The maximum atomic E-state index is 10.6. The quantitative estimate of drug-likeness (QED) is 0.276. The standard InChI is InChI=1S/C21H24N6O3/c1-2-3-14-30-18-7-4-16(5-8-18)19-10-11-23-21(26-19)24-13-12-22-20-9-6-17(15-25-20)27(28)29/h4-11,15H,2-3,12-14H2,1H3,(H,22,25)(H,23,24,26). The molecule has 0 radical (unpaired) electrons. The lowest BCUT2D eigenvalue weighted by atomic mass is 10.1. The summed E-state index contributed by atoms with van der Waals surface area (Å²) < 4.78 is 5.69. The topological polar surface area (TPSA) is 115 Å². The number of aromatic nitrogens is 3. The lowest BCUT2D eigenvalue weighted by molar-refractivity contribution is -0.385. The number of unbranched alkanes of at least 4 members (excludes halogenated alkanes) is 1. The summed E-state index contributed by atoms with van der Waals surface area (Å²) in [6.45, 7) is 3.98. The van der Waals surface area contributed by atoms with E-state index < -0.39 is 4.92 Å². The third kappa shape index (κ3) is 6.13. The molecule has 9 heteroatoms. The largest absolute Gasteiger partial charge is 0.494 e. The number of pyridine rings is 1. The highest BCUT2D eigenvalue weighted by Crippen LogP contribution is 2.21. The molecule has 0 bridgehead atoms. The fourth-order valence-electron chi connectivity index (χ4n) is 2.62. The summed E-state index contributed by atoms with van der Waals surface area (Å²) in [4.78, 5) is 23.0. The van der Waals surface area contributed by atoms with Crippen LogP contribution in [0.15, 0.2) is 54.9 Å². The Balaban J connectivity index is 1.49. The summed E-state index contributed by atoms with van der Waals surface area (Å²) in [6.07, 6.45) is 5.08. The molecule has 0 aliphatic rings. The Morgan fingerprint density at radius 3 is 2.53 bits per heavy atom. The summed E-state index contributed by atoms with van der Waals surface area (Å²) in [6, 6.07) is 12.7. The van der Waals surface area contributed by atoms with Crippen LogP contribution in [0.25, 0.3) is 11.3 Å². The minimum Gasteiger partial charge on any atom is -0.494 e. The van der Waals surface area contributed by atoms with Gasteiger partial charge in [0.05, 0.1) is 17.2 Å². The zero-order chi connectivity index (χ0) is 21.2. The van der Waals surface area contributed by atoms with Crippen molar-refractivity contribution in [1.29, 1.82) is 0 Å². The van der Waals surface area contributed by atoms with Crippen LogP contribution in [0.2, 0.25) is 0 Å². The number of nitrogens with zero attached hydrogens (tertiary/aromatic N) is 4. The average molecular weight is 408 g/mol. The summed E-state index contributed by atoms with van der Waals surface area (Å²) in [5, 5.41) is 16.9. The SMILES string of the molecule is CCCCOc1ccc(-c2ccnc(NCCNc3ccc([N+](=O)[O-])cn3)n2)cc1. The number of hydrogen-bond donors (Lipinski definition) is 2. The van der Waals surface area contributed by atoms with Gasteiger partial charge in [0.2, 0.25) is 5.95 Å². The van der Waals surface area contributed by atoms with Crippen molar-refractivity contribution in [3.63, 3.8) is 0 Å². The van der Waals surface area contributed by atoms with Gasteiger partial charge in [0.25, 0.3) is 5.69 Å². The van der Waals surface area contributed by atoms with Gasteiger partial charge in [-0.3, -0.25) is 10.1 Å². The molecule has 3 aromatic rings. The molecule has 0 aliphatic heterocycles. The van der Waals surface area contributed by atoms with Gasteiger partial charge in [0, 0.05) is 30.9 Å². The van der Waals surface area contributed by atoms with Crippen LogP contribution in [0.4, 0.5) is 17.5 Å². The summed E-state index contributed by atoms with van der Waals surface area (Å²) in [5.74, 6) is 1.94. The first kappa shape index (κ1) is 21.0. The van der Waals surface area contributed by atoms with Gasteiger partial charge >= 0.3 is 0 Å². The molecular formula is C21H24N6O3. The van der Waals surface area contributed by atoms with Crippen molar-refractivity contribution in [2.24, 2.45) is 0 Å². The van der Waals surface area contributed by atoms with Crippen molar-refractivity contribution >= 4 is 17.5 Å². The molecule has 9 nitrogen and oxygen atoms in total. The molecule has 0 saturated heterocycles. The summed E-state index contributed by atoms with van der Waals surface area (Å²) >= 11 is 0. The van der Waals surface area contributed by atoms with Crippen LogP contribution >= 0.6 is 0 Å². The maximum Gasteiger partial charge on any atom is 0.287 e. The fourth-order valence-corrected chi connectivity index (χ4v) is 2.62. The second kappa shape index (κ2) is 10.7. The minimum atomic E-state index is -0.476. The van der Waals surface area contributed by atoms with E-state index in [0.717, 1.165) is 36.5 Å². The monoisotopic (exact) mass is 408 g/mol. The van der Waals surface area contributed by atoms with Crippen LogP contribution in [0.5, 0.6) is 5.75 Å². The average Bonchev–Trinajstić information content (AvgIpc) is 2.78. The number of rotatable bonds is 11. The minimum absolute atomic E-state index is 0.0376.